The van der Waals surface area contributed by atoms with E-state index in [2.05, 4.69) is 15.3 Å². The van der Waals surface area contributed by atoms with Crippen molar-refractivity contribution in [2.45, 2.75) is 101 Å². The van der Waals surface area contributed by atoms with Gasteiger partial charge in [-0.05, 0) is 85.4 Å². The van der Waals surface area contributed by atoms with Crippen molar-refractivity contribution in [2.75, 3.05) is 42.3 Å². The van der Waals surface area contributed by atoms with E-state index in [0.29, 0.717) is 16.2 Å². The van der Waals surface area contributed by atoms with E-state index in [-0.39, 0.29) is 64.3 Å². The Morgan fingerprint density at radius 3 is 2.29 bits per heavy atom. The molecule has 7 rings (SSSR count). The third-order valence-electron chi connectivity index (χ3n) is 9.71. The van der Waals surface area contributed by atoms with Crippen LogP contribution in [0, 0.1) is 11.2 Å². The maximum atomic E-state index is 15.5. The lowest BCUT2D eigenvalue weighted by atomic mass is 9.88. The van der Waals surface area contributed by atoms with E-state index < -0.39 is 75.0 Å². The number of ether oxygens (including phenoxy) is 3. The van der Waals surface area contributed by atoms with Crippen LogP contribution in [0.15, 0.2) is 38.9 Å². The van der Waals surface area contributed by atoms with Crippen molar-refractivity contribution < 1.29 is 41.4 Å². The van der Waals surface area contributed by atoms with Crippen molar-refractivity contribution in [1.29, 1.82) is 0 Å². The molecule has 55 heavy (non-hydrogen) atoms. The minimum absolute atomic E-state index is 0.0630. The van der Waals surface area contributed by atoms with Crippen molar-refractivity contribution in [2.24, 2.45) is 5.41 Å². The van der Waals surface area contributed by atoms with Crippen molar-refractivity contribution in [1.82, 2.24) is 19.4 Å². The quantitative estimate of drug-likeness (QED) is 0.158. The first-order valence-electron chi connectivity index (χ1n) is 17.9. The molecular formula is C37H44F4N6O6S2. The number of aromatic nitrogens is 3. The number of hydrogen-bond donors (Lipinski definition) is 2. The summed E-state index contributed by atoms with van der Waals surface area (Å²) >= 11 is 0.895. The zero-order chi connectivity index (χ0) is 40.0. The van der Waals surface area contributed by atoms with Gasteiger partial charge >= 0.3 is 24.1 Å². The summed E-state index contributed by atoms with van der Waals surface area (Å²) in [7, 11) is -1.76. The molecule has 1 N–H and O–H groups in total. The Morgan fingerprint density at radius 2 is 1.67 bits per heavy atom. The molecule has 2 saturated heterocycles. The minimum atomic E-state index is -4.77. The summed E-state index contributed by atoms with van der Waals surface area (Å²) in [6, 6.07) is 4.06. The number of fused-ring (bicyclic) bond motifs is 1. The standard InChI is InChI=1S/C37H44F4N6O6S2/c1-19-14-46(33(50)53-35(6,7)8)20(2)13-45(19)29-22-11-21(37(39,40)41)12-25-27(22)47(31(48)43-29)15-36(16-51-17-36)18-55(25)24-10-9-23(38)28-26(24)42-30(54-28)44-32(49)52-34(3,4)5/h9-12,19-20,55H,13-18H2,1-8H3,(H,42,44,49)/t19-,20+/m0/s1. The van der Waals surface area contributed by atoms with Crippen LogP contribution in [0.2, 0.25) is 0 Å². The van der Waals surface area contributed by atoms with Crippen molar-refractivity contribution in [3.05, 3.63) is 46.1 Å². The van der Waals surface area contributed by atoms with Gasteiger partial charge in [0.15, 0.2) is 5.13 Å². The number of rotatable bonds is 3. The van der Waals surface area contributed by atoms with E-state index in [4.69, 9.17) is 14.2 Å². The van der Waals surface area contributed by atoms with E-state index in [1.807, 2.05) is 13.8 Å². The average molecular weight is 809 g/mol. The first kappa shape index (κ1) is 39.1. The molecule has 0 radical (unpaired) electrons. The lowest BCUT2D eigenvalue weighted by molar-refractivity contribution is -0.137. The zero-order valence-electron chi connectivity index (χ0n) is 31.8. The van der Waals surface area contributed by atoms with Crippen molar-refractivity contribution in [3.63, 3.8) is 0 Å². The summed E-state index contributed by atoms with van der Waals surface area (Å²) in [6.45, 7) is 15.0. The molecule has 0 aliphatic carbocycles. The summed E-state index contributed by atoms with van der Waals surface area (Å²) in [5, 5.41) is 2.77. The molecule has 298 valence electrons. The monoisotopic (exact) mass is 808 g/mol. The Labute approximate surface area is 321 Å². The molecule has 2 aromatic heterocycles. The van der Waals surface area contributed by atoms with Gasteiger partial charge in [0.05, 0.1) is 34.5 Å². The second-order valence-electron chi connectivity index (χ2n) is 16.6. The van der Waals surface area contributed by atoms with Gasteiger partial charge in [-0.3, -0.25) is 9.88 Å². The topological polar surface area (TPSA) is 128 Å². The smallest absolute Gasteiger partial charge is 0.416 e. The van der Waals surface area contributed by atoms with Crippen LogP contribution in [0.4, 0.5) is 38.1 Å². The molecule has 2 amide bonds. The Balaban J connectivity index is 1.41. The molecule has 4 aromatic rings. The van der Waals surface area contributed by atoms with Crippen molar-refractivity contribution >= 4 is 66.5 Å². The van der Waals surface area contributed by atoms with Gasteiger partial charge in [0, 0.05) is 52.3 Å². The summed E-state index contributed by atoms with van der Waals surface area (Å²) in [4.78, 5) is 53.2. The maximum absolute atomic E-state index is 15.5. The number of amides is 2. The van der Waals surface area contributed by atoms with Gasteiger partial charge in [0.25, 0.3) is 0 Å². The Bertz CT molecular complexity index is 2260. The number of carbonyl (C=O) groups excluding carboxylic acids is 2. The number of piperazine rings is 1. The Kier molecular flexibility index (Phi) is 9.59. The second-order valence-corrected chi connectivity index (χ2v) is 19.8. The highest BCUT2D eigenvalue weighted by Crippen LogP contribution is 2.58. The first-order chi connectivity index (χ1) is 25.5. The Hall–Kier alpha value is -4.16. The lowest BCUT2D eigenvalue weighted by Gasteiger charge is -2.45. The largest absolute Gasteiger partial charge is 0.444 e. The van der Waals surface area contributed by atoms with Gasteiger partial charge in [-0.2, -0.15) is 29.1 Å². The molecular weight excluding hydrogens is 765 g/mol. The number of benzene rings is 2. The number of hydrogen-bond acceptors (Lipinski definition) is 10. The first-order valence-corrected chi connectivity index (χ1v) is 20.2. The number of thiazole rings is 1. The van der Waals surface area contributed by atoms with E-state index in [1.54, 1.807) is 51.3 Å². The van der Waals surface area contributed by atoms with E-state index in [0.717, 1.165) is 23.5 Å². The number of alkyl halides is 3. The predicted octanol–water partition coefficient (Wildman–Crippen LogP) is 7.79. The third-order valence-corrected chi connectivity index (χ3v) is 13.5. The molecule has 5 heterocycles. The molecule has 3 aliphatic rings. The molecule has 3 atom stereocenters. The van der Waals surface area contributed by atoms with Gasteiger partial charge in [0.1, 0.15) is 22.8 Å². The predicted molar refractivity (Wildman–Crippen MR) is 203 cm³/mol. The fourth-order valence-corrected chi connectivity index (χ4v) is 11.3. The molecule has 1 unspecified atom stereocenters. The van der Waals surface area contributed by atoms with E-state index in [9.17, 15) is 27.6 Å². The van der Waals surface area contributed by atoms with Crippen LogP contribution in [0.1, 0.15) is 61.0 Å². The number of thiol groups is 1. The van der Waals surface area contributed by atoms with Crippen LogP contribution in [0.3, 0.4) is 0 Å². The highest BCUT2D eigenvalue weighted by molar-refractivity contribution is 8.17. The van der Waals surface area contributed by atoms with Gasteiger partial charge in [-0.1, -0.05) is 11.3 Å². The fourth-order valence-electron chi connectivity index (χ4n) is 7.33. The number of anilines is 2. The maximum Gasteiger partial charge on any atom is 0.416 e. The number of carbonyl (C=O) groups is 2. The normalized spacial score (nSPS) is 22.1. The molecule has 1 spiro atoms. The molecule has 2 fully saturated rings. The van der Waals surface area contributed by atoms with E-state index >= 15 is 4.39 Å². The van der Waals surface area contributed by atoms with Crippen molar-refractivity contribution in [3.8, 4) is 0 Å². The second kappa shape index (κ2) is 13.5. The van der Waals surface area contributed by atoms with Crippen LogP contribution < -0.4 is 15.9 Å². The van der Waals surface area contributed by atoms with Crippen LogP contribution in [-0.2, 0) is 26.9 Å². The summed E-state index contributed by atoms with van der Waals surface area (Å²) in [6.07, 6.45) is -6.07. The molecule has 12 nitrogen and oxygen atoms in total. The summed E-state index contributed by atoms with van der Waals surface area (Å²) < 4.78 is 78.5. The lowest BCUT2D eigenvalue weighted by Crippen LogP contribution is -2.59. The molecule has 2 aromatic carbocycles. The highest BCUT2D eigenvalue weighted by Gasteiger charge is 2.46. The third kappa shape index (κ3) is 7.56. The molecule has 18 heteroatoms. The minimum Gasteiger partial charge on any atom is -0.444 e. The van der Waals surface area contributed by atoms with Gasteiger partial charge < -0.3 is 24.0 Å². The van der Waals surface area contributed by atoms with Crippen LogP contribution in [0.5, 0.6) is 0 Å². The van der Waals surface area contributed by atoms with Crippen LogP contribution in [-0.4, -0.2) is 87.0 Å². The Morgan fingerprint density at radius 1 is 0.982 bits per heavy atom. The number of halogens is 4. The zero-order valence-corrected chi connectivity index (χ0v) is 33.5. The summed E-state index contributed by atoms with van der Waals surface area (Å²) in [5.41, 5.74) is -3.20. The van der Waals surface area contributed by atoms with Crippen LogP contribution in [0.25, 0.3) is 21.1 Å². The van der Waals surface area contributed by atoms with E-state index in [1.165, 1.54) is 16.7 Å². The molecule has 0 saturated carbocycles. The average Bonchev–Trinajstić information content (AvgIpc) is 3.38. The SMILES string of the molecule is C[C@@H]1CN(c2nc(=O)n3c4c(cc(C(F)(F)F)cc24)[SH](c2ccc(F)c4sc(NC(=O)OC(C)(C)C)nc24)CC2(COC2)C3)[C@@H](C)CN1C(=O)OC(C)(C)C. The van der Waals surface area contributed by atoms with Gasteiger partial charge in [-0.15, -0.1) is 0 Å². The fraction of sp³-hybridized carbons (Fsp3) is 0.541. The number of nitrogens with zero attached hydrogens (tertiary/aromatic N) is 5. The van der Waals surface area contributed by atoms with Gasteiger partial charge in [0.2, 0.25) is 0 Å². The summed E-state index contributed by atoms with van der Waals surface area (Å²) in [5.74, 6) is -0.195. The molecule has 3 aliphatic heterocycles. The van der Waals surface area contributed by atoms with Gasteiger partial charge in [-0.25, -0.2) is 23.8 Å². The number of nitrogens with one attached hydrogen (secondary N) is 1. The van der Waals surface area contributed by atoms with Crippen LogP contribution >= 0.6 is 22.2 Å². The highest BCUT2D eigenvalue weighted by atomic mass is 32.2. The molecule has 0 bridgehead atoms.